The number of carbonyl (C=O) groups excluding carboxylic acids is 1. The van der Waals surface area contributed by atoms with Crippen LogP contribution in [0.2, 0.25) is 0 Å². The molecule has 0 aromatic heterocycles. The summed E-state index contributed by atoms with van der Waals surface area (Å²) < 4.78 is 19.5. The third-order valence-corrected chi connectivity index (χ3v) is 4.54. The van der Waals surface area contributed by atoms with E-state index in [1.54, 1.807) is 12.1 Å². The lowest BCUT2D eigenvalue weighted by Crippen LogP contribution is -2.32. The predicted molar refractivity (Wildman–Crippen MR) is 92.4 cm³/mol. The van der Waals surface area contributed by atoms with Gasteiger partial charge in [-0.05, 0) is 74.2 Å². The number of hydrogen-bond acceptors (Lipinski definition) is 2. The number of anilines is 1. The van der Waals surface area contributed by atoms with Gasteiger partial charge < -0.3 is 10.1 Å². The Kier molecular flexibility index (Phi) is 3.23. The molecule has 3 nitrogen and oxygen atoms in total. The van der Waals surface area contributed by atoms with Gasteiger partial charge in [-0.3, -0.25) is 4.79 Å². The van der Waals surface area contributed by atoms with Gasteiger partial charge in [-0.2, -0.15) is 0 Å². The van der Waals surface area contributed by atoms with Crippen LogP contribution in [0.25, 0.3) is 11.6 Å². The van der Waals surface area contributed by atoms with Crippen molar-refractivity contribution < 1.29 is 13.9 Å². The van der Waals surface area contributed by atoms with Crippen molar-refractivity contribution in [3.63, 3.8) is 0 Å². The predicted octanol–water partition coefficient (Wildman–Crippen LogP) is 4.42. The van der Waals surface area contributed by atoms with Crippen molar-refractivity contribution >= 4 is 23.2 Å². The number of fused-ring (bicyclic) bond motifs is 2. The van der Waals surface area contributed by atoms with Gasteiger partial charge in [0.05, 0.1) is 0 Å². The molecule has 0 saturated carbocycles. The summed E-state index contributed by atoms with van der Waals surface area (Å²) in [7, 11) is 0. The summed E-state index contributed by atoms with van der Waals surface area (Å²) >= 11 is 0. The van der Waals surface area contributed by atoms with Crippen LogP contribution in [-0.2, 0) is 11.2 Å². The van der Waals surface area contributed by atoms with Crippen LogP contribution >= 0.6 is 0 Å². The largest absolute Gasteiger partial charge is 0.488 e. The number of amides is 1. The van der Waals surface area contributed by atoms with E-state index in [9.17, 15) is 9.18 Å². The van der Waals surface area contributed by atoms with Crippen molar-refractivity contribution in [3.8, 4) is 5.75 Å². The first kappa shape index (κ1) is 14.9. The summed E-state index contributed by atoms with van der Waals surface area (Å²) in [5.74, 6) is 0.346. The Morgan fingerprint density at radius 1 is 1.21 bits per heavy atom. The molecule has 0 radical (unpaired) electrons. The van der Waals surface area contributed by atoms with Crippen molar-refractivity contribution in [2.45, 2.75) is 32.3 Å². The average Bonchev–Trinajstić information content (AvgIpc) is 2.82. The highest BCUT2D eigenvalue weighted by Gasteiger charge is 2.27. The van der Waals surface area contributed by atoms with Gasteiger partial charge in [0.2, 0.25) is 0 Å². The molecule has 0 bridgehead atoms. The molecule has 2 aliphatic heterocycles. The van der Waals surface area contributed by atoms with E-state index in [1.165, 1.54) is 12.1 Å². The number of nitrogens with one attached hydrogen (secondary N) is 1. The molecule has 0 atom stereocenters. The van der Waals surface area contributed by atoms with Crippen molar-refractivity contribution in [3.05, 3.63) is 58.9 Å². The van der Waals surface area contributed by atoms with Crippen molar-refractivity contribution in [1.82, 2.24) is 0 Å². The van der Waals surface area contributed by atoms with Gasteiger partial charge in [-0.15, -0.1) is 0 Å². The second kappa shape index (κ2) is 5.20. The molecule has 0 fully saturated rings. The highest BCUT2D eigenvalue weighted by atomic mass is 19.1. The zero-order valence-corrected chi connectivity index (χ0v) is 13.7. The Morgan fingerprint density at radius 2 is 2.04 bits per heavy atom. The Labute approximate surface area is 140 Å². The molecule has 2 aromatic rings. The van der Waals surface area contributed by atoms with E-state index in [-0.39, 0.29) is 17.3 Å². The first-order valence-corrected chi connectivity index (χ1v) is 8.06. The van der Waals surface area contributed by atoms with Gasteiger partial charge in [0.15, 0.2) is 0 Å². The maximum atomic E-state index is 13.5. The summed E-state index contributed by atoms with van der Waals surface area (Å²) in [5, 5.41) is 2.77. The Bertz CT molecular complexity index is 883. The third-order valence-electron chi connectivity index (χ3n) is 4.54. The summed E-state index contributed by atoms with van der Waals surface area (Å²) in [6.07, 6.45) is 3.70. The zero-order valence-electron chi connectivity index (χ0n) is 13.7. The van der Waals surface area contributed by atoms with E-state index >= 15 is 0 Å². The van der Waals surface area contributed by atoms with Gasteiger partial charge in [-0.1, -0.05) is 6.07 Å². The molecular formula is C20H18FNO2. The molecule has 0 unspecified atom stereocenters. The van der Waals surface area contributed by atoms with Crippen LogP contribution in [0.5, 0.6) is 5.75 Å². The summed E-state index contributed by atoms with van der Waals surface area (Å²) in [6, 6.07) is 10.2. The molecular weight excluding hydrogens is 305 g/mol. The minimum absolute atomic E-state index is 0.144. The topological polar surface area (TPSA) is 38.3 Å². The lowest BCUT2D eigenvalue weighted by Gasteiger charge is -2.32. The maximum absolute atomic E-state index is 13.5. The minimum Gasteiger partial charge on any atom is -0.488 e. The van der Waals surface area contributed by atoms with Gasteiger partial charge in [0.25, 0.3) is 5.91 Å². The number of halogens is 1. The second-order valence-corrected chi connectivity index (χ2v) is 6.93. The van der Waals surface area contributed by atoms with Crippen LogP contribution in [0.1, 0.15) is 37.0 Å². The summed E-state index contributed by atoms with van der Waals surface area (Å²) in [4.78, 5) is 12.2. The number of carbonyl (C=O) groups is 1. The molecule has 24 heavy (non-hydrogen) atoms. The fourth-order valence-corrected chi connectivity index (χ4v) is 3.24. The Hall–Kier alpha value is -2.62. The first-order chi connectivity index (χ1) is 11.4. The molecule has 4 rings (SSSR count). The monoisotopic (exact) mass is 323 g/mol. The summed E-state index contributed by atoms with van der Waals surface area (Å²) in [6.45, 7) is 4.17. The van der Waals surface area contributed by atoms with Gasteiger partial charge in [-0.25, -0.2) is 4.39 Å². The quantitative estimate of drug-likeness (QED) is 0.789. The number of benzene rings is 2. The van der Waals surface area contributed by atoms with E-state index in [2.05, 4.69) is 19.2 Å². The zero-order chi connectivity index (χ0) is 16.9. The molecule has 0 aliphatic carbocycles. The third kappa shape index (κ3) is 2.58. The molecule has 2 aromatic carbocycles. The van der Waals surface area contributed by atoms with Crippen LogP contribution in [-0.4, -0.2) is 11.5 Å². The molecule has 2 heterocycles. The fraction of sp³-hybridized carbons (Fsp3) is 0.250. The van der Waals surface area contributed by atoms with E-state index in [0.29, 0.717) is 16.8 Å². The van der Waals surface area contributed by atoms with Crippen LogP contribution in [0.4, 0.5) is 10.1 Å². The number of ether oxygens (including phenoxy) is 1. The lowest BCUT2D eigenvalue weighted by molar-refractivity contribution is -0.110. The van der Waals surface area contributed by atoms with E-state index in [1.807, 2.05) is 18.2 Å². The first-order valence-electron chi connectivity index (χ1n) is 8.06. The number of aryl methyl sites for hydroxylation is 1. The van der Waals surface area contributed by atoms with Crippen molar-refractivity contribution in [2.24, 2.45) is 0 Å². The second-order valence-electron chi connectivity index (χ2n) is 6.93. The van der Waals surface area contributed by atoms with Crippen molar-refractivity contribution in [1.29, 1.82) is 0 Å². The number of hydrogen-bond donors (Lipinski definition) is 1. The summed E-state index contributed by atoms with van der Waals surface area (Å²) in [5.41, 5.74) is 3.66. The van der Waals surface area contributed by atoms with E-state index in [0.717, 1.165) is 29.7 Å². The van der Waals surface area contributed by atoms with Gasteiger partial charge >= 0.3 is 0 Å². The molecule has 4 heteroatoms. The standard InChI is InChI=1S/C20H18FNO2/c1-20(2)8-7-13-9-12(3-6-18(13)24-20)10-16-15-11-14(21)4-5-17(15)22-19(16)23/h3-6,9-11H,7-8H2,1-2H3,(H,22,23)/b16-10+. The normalized spacial score (nSPS) is 19.5. The average molecular weight is 323 g/mol. The molecule has 1 amide bonds. The highest BCUT2D eigenvalue weighted by molar-refractivity contribution is 6.34. The van der Waals surface area contributed by atoms with Crippen molar-refractivity contribution in [2.75, 3.05) is 5.32 Å². The number of rotatable bonds is 1. The molecule has 0 saturated heterocycles. The highest BCUT2D eigenvalue weighted by Crippen LogP contribution is 2.36. The fourth-order valence-electron chi connectivity index (χ4n) is 3.24. The molecule has 0 spiro atoms. The Morgan fingerprint density at radius 3 is 2.88 bits per heavy atom. The van der Waals surface area contributed by atoms with Crippen LogP contribution in [0.3, 0.4) is 0 Å². The van der Waals surface area contributed by atoms with Gasteiger partial charge in [0.1, 0.15) is 17.2 Å². The molecule has 122 valence electrons. The molecule has 2 aliphatic rings. The van der Waals surface area contributed by atoms with Crippen LogP contribution < -0.4 is 10.1 Å². The van der Waals surface area contributed by atoms with E-state index < -0.39 is 0 Å². The van der Waals surface area contributed by atoms with Crippen LogP contribution in [0.15, 0.2) is 36.4 Å². The maximum Gasteiger partial charge on any atom is 0.256 e. The smallest absolute Gasteiger partial charge is 0.256 e. The SMILES string of the molecule is CC1(C)CCc2cc(/C=C3/C(=O)Nc4ccc(F)cc43)ccc2O1. The van der Waals surface area contributed by atoms with Crippen LogP contribution in [0, 0.1) is 5.82 Å². The van der Waals surface area contributed by atoms with Gasteiger partial charge in [0, 0.05) is 16.8 Å². The molecule has 1 N–H and O–H groups in total. The van der Waals surface area contributed by atoms with E-state index in [4.69, 9.17) is 4.74 Å². The Balaban J connectivity index is 1.73. The lowest BCUT2D eigenvalue weighted by atomic mass is 9.93. The minimum atomic E-state index is -0.350.